The first-order valence-corrected chi connectivity index (χ1v) is 4.88. The summed E-state index contributed by atoms with van der Waals surface area (Å²) in [5.74, 6) is 0. The first-order chi connectivity index (χ1) is 6.63. The molecule has 0 bridgehead atoms. The number of hydrogen-bond donors (Lipinski definition) is 1. The molecule has 14 heavy (non-hydrogen) atoms. The first kappa shape index (κ1) is 11.3. The Labute approximate surface area is 92.7 Å². The molecular formula is C10H9Cl2NO. The van der Waals surface area contributed by atoms with Crippen LogP contribution in [0, 0.1) is 11.3 Å². The van der Waals surface area contributed by atoms with E-state index < -0.39 is 6.10 Å². The molecule has 0 saturated carbocycles. The van der Waals surface area contributed by atoms with Crippen molar-refractivity contribution in [1.29, 1.82) is 5.26 Å². The summed E-state index contributed by atoms with van der Waals surface area (Å²) < 4.78 is 0. The Hall–Kier alpha value is -0.750. The third-order valence-corrected chi connectivity index (χ3v) is 2.52. The van der Waals surface area contributed by atoms with Gasteiger partial charge in [-0.05, 0) is 24.1 Å². The van der Waals surface area contributed by atoms with Gasteiger partial charge in [0.05, 0.1) is 28.6 Å². The van der Waals surface area contributed by atoms with Gasteiger partial charge in [-0.2, -0.15) is 5.26 Å². The normalized spacial score (nSPS) is 12.1. The summed E-state index contributed by atoms with van der Waals surface area (Å²) in [7, 11) is 0. The fourth-order valence-corrected chi connectivity index (χ4v) is 1.44. The second-order valence-electron chi connectivity index (χ2n) is 2.97. The molecule has 74 valence electrons. The number of nitriles is 1. The zero-order valence-electron chi connectivity index (χ0n) is 7.37. The Bertz CT molecular complexity index is 360. The molecule has 2 nitrogen and oxygen atoms in total. The van der Waals surface area contributed by atoms with Gasteiger partial charge in [-0.15, -0.1) is 0 Å². The van der Waals surface area contributed by atoms with Crippen LogP contribution in [0.5, 0.6) is 0 Å². The third kappa shape index (κ3) is 3.19. The lowest BCUT2D eigenvalue weighted by Crippen LogP contribution is -2.08. The molecule has 1 N–H and O–H groups in total. The van der Waals surface area contributed by atoms with E-state index in [2.05, 4.69) is 0 Å². The standard InChI is InChI=1S/C10H9Cl2NO/c11-9-2-1-7(6-10(9)12)5-8(14)3-4-13/h1-2,6,8,14H,3,5H2. The number of rotatable bonds is 3. The van der Waals surface area contributed by atoms with E-state index in [0.717, 1.165) is 5.56 Å². The van der Waals surface area contributed by atoms with Crippen molar-refractivity contribution >= 4 is 23.2 Å². The molecule has 0 saturated heterocycles. The van der Waals surface area contributed by atoms with Crippen molar-refractivity contribution in [3.05, 3.63) is 33.8 Å². The number of benzene rings is 1. The number of halogens is 2. The molecule has 1 atom stereocenters. The second kappa shape index (κ2) is 5.21. The zero-order valence-corrected chi connectivity index (χ0v) is 8.89. The molecule has 4 heteroatoms. The number of aliphatic hydroxyl groups is 1. The minimum atomic E-state index is -0.641. The maximum absolute atomic E-state index is 9.36. The van der Waals surface area contributed by atoms with Gasteiger partial charge in [-0.1, -0.05) is 29.3 Å². The van der Waals surface area contributed by atoms with Gasteiger partial charge in [0.25, 0.3) is 0 Å². The predicted molar refractivity (Wildman–Crippen MR) is 56.4 cm³/mol. The van der Waals surface area contributed by atoms with E-state index in [1.807, 2.05) is 6.07 Å². The molecule has 0 aliphatic heterocycles. The van der Waals surface area contributed by atoms with E-state index in [0.29, 0.717) is 16.5 Å². The highest BCUT2D eigenvalue weighted by Crippen LogP contribution is 2.23. The maximum Gasteiger partial charge on any atom is 0.0710 e. The summed E-state index contributed by atoms with van der Waals surface area (Å²) in [6, 6.07) is 7.07. The van der Waals surface area contributed by atoms with E-state index in [1.165, 1.54) is 0 Å². The molecule has 1 unspecified atom stereocenters. The minimum Gasteiger partial charge on any atom is -0.392 e. The lowest BCUT2D eigenvalue weighted by molar-refractivity contribution is 0.180. The number of hydrogen-bond acceptors (Lipinski definition) is 2. The Morgan fingerprint density at radius 1 is 1.36 bits per heavy atom. The highest BCUT2D eigenvalue weighted by molar-refractivity contribution is 6.42. The highest BCUT2D eigenvalue weighted by atomic mass is 35.5. The average molecular weight is 230 g/mol. The van der Waals surface area contributed by atoms with Crippen LogP contribution in [0.15, 0.2) is 18.2 Å². The van der Waals surface area contributed by atoms with Crippen LogP contribution in [0.3, 0.4) is 0 Å². The van der Waals surface area contributed by atoms with Crippen LogP contribution in [-0.2, 0) is 6.42 Å². The summed E-state index contributed by atoms with van der Waals surface area (Å²) in [6.07, 6.45) is -0.0951. The molecule has 0 heterocycles. The fourth-order valence-electron chi connectivity index (χ4n) is 1.12. The molecule has 0 radical (unpaired) electrons. The van der Waals surface area contributed by atoms with Gasteiger partial charge in [-0.25, -0.2) is 0 Å². The van der Waals surface area contributed by atoms with E-state index in [9.17, 15) is 5.11 Å². The summed E-state index contributed by atoms with van der Waals surface area (Å²) in [5, 5.41) is 18.7. The van der Waals surface area contributed by atoms with Crippen LogP contribution in [0.1, 0.15) is 12.0 Å². The van der Waals surface area contributed by atoms with Crippen LogP contribution < -0.4 is 0 Å². The van der Waals surface area contributed by atoms with Gasteiger partial charge in [0.15, 0.2) is 0 Å². The van der Waals surface area contributed by atoms with Crippen LogP contribution in [0.2, 0.25) is 10.0 Å². The van der Waals surface area contributed by atoms with Crippen molar-refractivity contribution in [3.63, 3.8) is 0 Å². The van der Waals surface area contributed by atoms with Crippen LogP contribution >= 0.6 is 23.2 Å². The molecule has 0 fully saturated rings. The van der Waals surface area contributed by atoms with Crippen molar-refractivity contribution in [2.75, 3.05) is 0 Å². The number of nitrogens with zero attached hydrogens (tertiary/aromatic N) is 1. The van der Waals surface area contributed by atoms with E-state index in [-0.39, 0.29) is 6.42 Å². The lowest BCUT2D eigenvalue weighted by Gasteiger charge is -2.06. The van der Waals surface area contributed by atoms with E-state index in [1.54, 1.807) is 18.2 Å². The molecule has 0 aliphatic carbocycles. The predicted octanol–water partition coefficient (Wildman–Crippen LogP) is 2.81. The Morgan fingerprint density at radius 2 is 2.07 bits per heavy atom. The van der Waals surface area contributed by atoms with Crippen LogP contribution in [0.25, 0.3) is 0 Å². The molecule has 0 aromatic heterocycles. The molecular weight excluding hydrogens is 221 g/mol. The van der Waals surface area contributed by atoms with Crippen molar-refractivity contribution < 1.29 is 5.11 Å². The zero-order chi connectivity index (χ0) is 10.6. The monoisotopic (exact) mass is 229 g/mol. The lowest BCUT2D eigenvalue weighted by atomic mass is 10.1. The summed E-state index contributed by atoms with van der Waals surface area (Å²) >= 11 is 11.5. The van der Waals surface area contributed by atoms with Crippen molar-refractivity contribution in [1.82, 2.24) is 0 Å². The first-order valence-electron chi connectivity index (χ1n) is 4.12. The molecule has 1 rings (SSSR count). The fraction of sp³-hybridized carbons (Fsp3) is 0.300. The quantitative estimate of drug-likeness (QED) is 0.867. The van der Waals surface area contributed by atoms with Gasteiger partial charge in [0.2, 0.25) is 0 Å². The van der Waals surface area contributed by atoms with Gasteiger partial charge in [-0.3, -0.25) is 0 Å². The highest BCUT2D eigenvalue weighted by Gasteiger charge is 2.06. The Kier molecular flexibility index (Phi) is 4.21. The van der Waals surface area contributed by atoms with E-state index in [4.69, 9.17) is 28.5 Å². The van der Waals surface area contributed by atoms with Gasteiger partial charge < -0.3 is 5.11 Å². The third-order valence-electron chi connectivity index (χ3n) is 1.78. The maximum atomic E-state index is 9.36. The van der Waals surface area contributed by atoms with Crippen LogP contribution in [-0.4, -0.2) is 11.2 Å². The molecule has 0 aliphatic rings. The van der Waals surface area contributed by atoms with Crippen LogP contribution in [0.4, 0.5) is 0 Å². The van der Waals surface area contributed by atoms with Gasteiger partial charge in [0.1, 0.15) is 0 Å². The van der Waals surface area contributed by atoms with Gasteiger partial charge in [0, 0.05) is 0 Å². The Balaban J connectivity index is 2.69. The molecule has 1 aromatic rings. The van der Waals surface area contributed by atoms with Crippen molar-refractivity contribution in [3.8, 4) is 6.07 Å². The van der Waals surface area contributed by atoms with Crippen molar-refractivity contribution in [2.24, 2.45) is 0 Å². The molecule has 1 aromatic carbocycles. The minimum absolute atomic E-state index is 0.125. The SMILES string of the molecule is N#CCC(O)Cc1ccc(Cl)c(Cl)c1. The molecule has 0 spiro atoms. The second-order valence-corrected chi connectivity index (χ2v) is 3.78. The Morgan fingerprint density at radius 3 is 2.64 bits per heavy atom. The summed E-state index contributed by atoms with van der Waals surface area (Å²) in [4.78, 5) is 0. The molecule has 0 amide bonds. The number of aliphatic hydroxyl groups excluding tert-OH is 1. The summed E-state index contributed by atoms with van der Waals surface area (Å²) in [6.45, 7) is 0. The van der Waals surface area contributed by atoms with E-state index >= 15 is 0 Å². The topological polar surface area (TPSA) is 44.0 Å². The largest absolute Gasteiger partial charge is 0.392 e. The smallest absolute Gasteiger partial charge is 0.0710 e. The average Bonchev–Trinajstić information content (AvgIpc) is 2.12. The summed E-state index contributed by atoms with van der Waals surface area (Å²) in [5.41, 5.74) is 0.877. The van der Waals surface area contributed by atoms with Gasteiger partial charge >= 0.3 is 0 Å². The van der Waals surface area contributed by atoms with Crippen molar-refractivity contribution in [2.45, 2.75) is 18.9 Å².